The van der Waals surface area contributed by atoms with Crippen molar-refractivity contribution in [1.82, 2.24) is 10.2 Å². The first kappa shape index (κ1) is 29.9. The highest BCUT2D eigenvalue weighted by Gasteiger charge is 2.33. The zero-order valence-corrected chi connectivity index (χ0v) is 24.5. The molecular weight excluding hydrogens is 510 g/mol. The third kappa shape index (κ3) is 8.17. The van der Waals surface area contributed by atoms with E-state index in [-0.39, 0.29) is 17.3 Å². The predicted octanol–water partition coefficient (Wildman–Crippen LogP) is 4.87. The van der Waals surface area contributed by atoms with Crippen LogP contribution in [0.3, 0.4) is 0 Å². The zero-order valence-electron chi connectivity index (χ0n) is 23.6. The lowest BCUT2D eigenvalue weighted by molar-refractivity contribution is -0.139. The maximum Gasteiger partial charge on any atom is 0.264 e. The number of nitrogens with zero attached hydrogens (tertiary/aromatic N) is 2. The Morgan fingerprint density at radius 2 is 1.41 bits per heavy atom. The van der Waals surface area contributed by atoms with Gasteiger partial charge in [-0.15, -0.1) is 0 Å². The van der Waals surface area contributed by atoms with Crippen LogP contribution in [0.25, 0.3) is 0 Å². The van der Waals surface area contributed by atoms with E-state index in [2.05, 4.69) is 5.32 Å². The van der Waals surface area contributed by atoms with Gasteiger partial charge in [0.25, 0.3) is 10.0 Å². The van der Waals surface area contributed by atoms with Crippen molar-refractivity contribution in [3.8, 4) is 0 Å². The first-order valence-corrected chi connectivity index (χ1v) is 14.5. The van der Waals surface area contributed by atoms with Crippen LogP contribution >= 0.6 is 0 Å². The van der Waals surface area contributed by atoms with E-state index in [0.717, 1.165) is 21.0 Å². The number of carbonyl (C=O) groups excluding carboxylic acids is 2. The van der Waals surface area contributed by atoms with Crippen molar-refractivity contribution in [1.29, 1.82) is 0 Å². The molecule has 0 spiro atoms. The molecule has 3 aromatic rings. The molecule has 208 valence electrons. The molecule has 3 aromatic carbocycles. The highest BCUT2D eigenvalue weighted by molar-refractivity contribution is 7.92. The molecule has 0 aromatic heterocycles. The molecule has 0 aliphatic heterocycles. The van der Waals surface area contributed by atoms with Gasteiger partial charge in [0.2, 0.25) is 11.8 Å². The van der Waals surface area contributed by atoms with Crippen molar-refractivity contribution in [2.75, 3.05) is 17.4 Å². The number of nitrogens with one attached hydrogen (secondary N) is 1. The van der Waals surface area contributed by atoms with Gasteiger partial charge in [-0.05, 0) is 88.9 Å². The van der Waals surface area contributed by atoms with Gasteiger partial charge < -0.3 is 10.2 Å². The van der Waals surface area contributed by atoms with E-state index in [1.807, 2.05) is 71.0 Å². The van der Waals surface area contributed by atoms with Crippen molar-refractivity contribution < 1.29 is 18.0 Å². The Hall–Kier alpha value is -3.65. The molecule has 0 heterocycles. The Morgan fingerprint density at radius 1 is 0.872 bits per heavy atom. The summed E-state index contributed by atoms with van der Waals surface area (Å²) < 4.78 is 28.9. The van der Waals surface area contributed by atoms with Crippen LogP contribution in [-0.4, -0.2) is 49.8 Å². The summed E-state index contributed by atoms with van der Waals surface area (Å²) in [7, 11) is -4.07. The van der Waals surface area contributed by atoms with Gasteiger partial charge in [-0.3, -0.25) is 13.9 Å². The number of benzene rings is 3. The summed E-state index contributed by atoms with van der Waals surface area (Å²) in [6, 6.07) is 22.4. The Morgan fingerprint density at radius 3 is 1.95 bits per heavy atom. The molecule has 0 radical (unpaired) electrons. The van der Waals surface area contributed by atoms with Crippen LogP contribution in [0.4, 0.5) is 5.69 Å². The summed E-state index contributed by atoms with van der Waals surface area (Å²) in [5.41, 5.74) is 2.69. The maximum atomic E-state index is 13.9. The minimum absolute atomic E-state index is 0.0892. The average molecular weight is 550 g/mol. The molecule has 0 bridgehead atoms. The molecule has 3 rings (SSSR count). The van der Waals surface area contributed by atoms with Crippen LogP contribution in [0.1, 0.15) is 44.4 Å². The van der Waals surface area contributed by atoms with Crippen LogP contribution in [0, 0.1) is 13.8 Å². The molecule has 0 saturated carbocycles. The molecule has 7 nitrogen and oxygen atoms in total. The first-order valence-electron chi connectivity index (χ1n) is 13.1. The van der Waals surface area contributed by atoms with Crippen LogP contribution in [0.15, 0.2) is 83.8 Å². The lowest BCUT2D eigenvalue weighted by Gasteiger charge is -2.33. The number of aryl methyl sites for hydroxylation is 2. The second-order valence-electron chi connectivity index (χ2n) is 10.9. The minimum atomic E-state index is -4.07. The van der Waals surface area contributed by atoms with Crippen LogP contribution in [0.2, 0.25) is 0 Å². The smallest absolute Gasteiger partial charge is 0.264 e. The number of hydrogen-bond acceptors (Lipinski definition) is 4. The Kier molecular flexibility index (Phi) is 9.56. The molecule has 0 fully saturated rings. The normalized spacial score (nSPS) is 12.5. The van der Waals surface area contributed by atoms with Crippen LogP contribution in [-0.2, 0) is 26.0 Å². The number of sulfonamides is 1. The molecule has 2 amide bonds. The van der Waals surface area contributed by atoms with Gasteiger partial charge >= 0.3 is 0 Å². The Bertz CT molecular complexity index is 1360. The summed E-state index contributed by atoms with van der Waals surface area (Å²) in [5.74, 6) is -0.756. The first-order chi connectivity index (χ1) is 18.3. The topological polar surface area (TPSA) is 86.8 Å². The number of amides is 2. The second kappa shape index (κ2) is 12.5. The molecular formula is C31H39N3O4S. The van der Waals surface area contributed by atoms with Gasteiger partial charge in [-0.2, -0.15) is 0 Å². The molecule has 0 aliphatic carbocycles. The molecule has 1 atom stereocenters. The highest BCUT2D eigenvalue weighted by atomic mass is 32.2. The third-order valence-corrected chi connectivity index (χ3v) is 8.04. The van der Waals surface area contributed by atoms with Gasteiger partial charge in [0, 0.05) is 12.1 Å². The van der Waals surface area contributed by atoms with Crippen molar-refractivity contribution >= 4 is 27.5 Å². The van der Waals surface area contributed by atoms with Gasteiger partial charge in [0.1, 0.15) is 12.6 Å². The largest absolute Gasteiger partial charge is 0.350 e. The summed E-state index contributed by atoms with van der Waals surface area (Å²) in [5, 5.41) is 2.94. The van der Waals surface area contributed by atoms with E-state index in [0.29, 0.717) is 12.1 Å². The van der Waals surface area contributed by atoms with Gasteiger partial charge in [-0.1, -0.05) is 54.6 Å². The summed E-state index contributed by atoms with van der Waals surface area (Å²) in [4.78, 5) is 28.7. The summed E-state index contributed by atoms with van der Waals surface area (Å²) in [6.07, 6.45) is 0.523. The monoisotopic (exact) mass is 549 g/mol. The lowest BCUT2D eigenvalue weighted by Crippen LogP contribution is -2.55. The standard InChI is InChI=1S/C31H39N3O4S/c1-23-19-24(2)21-27(20-23)34(39(37,38)28-15-11-8-12-16-28)22-29(35)33(18-17-26-13-9-7-10-14-26)25(3)30(36)32-31(4,5)6/h7-16,19-21,25H,17-18,22H2,1-6H3,(H,32,36). The Balaban J connectivity index is 2.00. The predicted molar refractivity (Wildman–Crippen MR) is 156 cm³/mol. The van der Waals surface area contributed by atoms with Gasteiger partial charge in [-0.25, -0.2) is 8.42 Å². The molecule has 0 aliphatic rings. The van der Waals surface area contributed by atoms with Crippen molar-refractivity contribution in [2.45, 2.75) is 64.4 Å². The minimum Gasteiger partial charge on any atom is -0.350 e. The number of anilines is 1. The maximum absolute atomic E-state index is 13.9. The Labute approximate surface area is 232 Å². The quantitative estimate of drug-likeness (QED) is 0.391. The van der Waals surface area contributed by atoms with Crippen molar-refractivity contribution in [2.24, 2.45) is 0 Å². The fourth-order valence-corrected chi connectivity index (χ4v) is 5.81. The molecule has 0 saturated heterocycles. The summed E-state index contributed by atoms with van der Waals surface area (Å²) >= 11 is 0. The van der Waals surface area contributed by atoms with Crippen LogP contribution < -0.4 is 9.62 Å². The molecule has 1 N–H and O–H groups in total. The van der Waals surface area contributed by atoms with E-state index in [1.54, 1.807) is 37.3 Å². The van der Waals surface area contributed by atoms with Gasteiger partial charge in [0.05, 0.1) is 10.6 Å². The van der Waals surface area contributed by atoms with E-state index in [9.17, 15) is 18.0 Å². The lowest BCUT2D eigenvalue weighted by atomic mass is 10.1. The fourth-order valence-electron chi connectivity index (χ4n) is 4.39. The number of rotatable bonds is 10. The molecule has 1 unspecified atom stereocenters. The SMILES string of the molecule is Cc1cc(C)cc(N(CC(=O)N(CCc2ccccc2)C(C)C(=O)NC(C)(C)C)S(=O)(=O)c2ccccc2)c1. The second-order valence-corrected chi connectivity index (χ2v) is 12.8. The van der Waals surface area contributed by atoms with Crippen LogP contribution in [0.5, 0.6) is 0 Å². The number of carbonyl (C=O) groups is 2. The van der Waals surface area contributed by atoms with Gasteiger partial charge in [0.15, 0.2) is 0 Å². The van der Waals surface area contributed by atoms with E-state index >= 15 is 0 Å². The van der Waals surface area contributed by atoms with E-state index in [1.165, 1.54) is 17.0 Å². The highest BCUT2D eigenvalue weighted by Crippen LogP contribution is 2.26. The third-order valence-electron chi connectivity index (χ3n) is 6.25. The average Bonchev–Trinajstić information content (AvgIpc) is 2.86. The summed E-state index contributed by atoms with van der Waals surface area (Å²) in [6.45, 7) is 10.9. The van der Waals surface area contributed by atoms with E-state index < -0.39 is 34.1 Å². The van der Waals surface area contributed by atoms with Crippen molar-refractivity contribution in [3.05, 3.63) is 95.6 Å². The zero-order chi connectivity index (χ0) is 28.8. The fraction of sp³-hybridized carbons (Fsp3) is 0.355. The number of hydrogen-bond donors (Lipinski definition) is 1. The molecule has 8 heteroatoms. The molecule has 39 heavy (non-hydrogen) atoms. The van der Waals surface area contributed by atoms with E-state index in [4.69, 9.17) is 0 Å². The van der Waals surface area contributed by atoms with Crippen molar-refractivity contribution in [3.63, 3.8) is 0 Å².